The van der Waals surface area contributed by atoms with Crippen molar-refractivity contribution in [3.8, 4) is 0 Å². The van der Waals surface area contributed by atoms with Crippen molar-refractivity contribution in [3.63, 3.8) is 0 Å². The number of hydrogen-bond acceptors (Lipinski definition) is 3. The van der Waals surface area contributed by atoms with Gasteiger partial charge < -0.3 is 15.0 Å². The zero-order chi connectivity index (χ0) is 15.8. The van der Waals surface area contributed by atoms with E-state index in [1.807, 2.05) is 6.08 Å². The Hall–Kier alpha value is -0.0900. The number of rotatable bonds is 14. The number of allylic oxidation sites excluding steroid dienone is 3. The fourth-order valence-corrected chi connectivity index (χ4v) is 2.10. The second-order valence-corrected chi connectivity index (χ2v) is 5.54. The van der Waals surface area contributed by atoms with Crippen LogP contribution in [0, 0.1) is 0 Å². The first-order valence-electron chi connectivity index (χ1n) is 8.34. The van der Waals surface area contributed by atoms with E-state index in [4.69, 9.17) is 0 Å². The molecule has 0 aliphatic rings. The van der Waals surface area contributed by atoms with Crippen molar-refractivity contribution >= 4 is 5.97 Å². The van der Waals surface area contributed by atoms with Crippen molar-refractivity contribution in [2.24, 2.45) is 0 Å². The molecule has 0 aromatic carbocycles. The summed E-state index contributed by atoms with van der Waals surface area (Å²) in [7, 11) is 0. The van der Waals surface area contributed by atoms with Gasteiger partial charge in [-0.05, 0) is 44.9 Å². The minimum Gasteiger partial charge on any atom is -0.550 e. The van der Waals surface area contributed by atoms with Gasteiger partial charge in [-0.25, -0.2) is 0 Å². The first-order chi connectivity index (χ1) is 10.2. The summed E-state index contributed by atoms with van der Waals surface area (Å²) in [4.78, 5) is 10.2. The van der Waals surface area contributed by atoms with E-state index in [-0.39, 0.29) is 42.1 Å². The molecular formula is C18H31NaO3. The molecule has 0 aromatic heterocycles. The summed E-state index contributed by atoms with van der Waals surface area (Å²) in [6, 6.07) is 0. The normalized spacial score (nSPS) is 12.6. The third kappa shape index (κ3) is 19.9. The van der Waals surface area contributed by atoms with Crippen molar-refractivity contribution in [1.29, 1.82) is 0 Å². The van der Waals surface area contributed by atoms with Crippen LogP contribution in [0.3, 0.4) is 0 Å². The first-order valence-corrected chi connectivity index (χ1v) is 8.34. The number of hydrogen-bond donors (Lipinski definition) is 1. The average molecular weight is 318 g/mol. The number of aliphatic hydroxyl groups is 1. The van der Waals surface area contributed by atoms with Crippen LogP contribution < -0.4 is 34.7 Å². The summed E-state index contributed by atoms with van der Waals surface area (Å²) < 4.78 is 0. The molecule has 0 aliphatic heterocycles. The van der Waals surface area contributed by atoms with Crippen LogP contribution in [-0.4, -0.2) is 17.2 Å². The van der Waals surface area contributed by atoms with Crippen LogP contribution in [0.15, 0.2) is 24.3 Å². The van der Waals surface area contributed by atoms with Crippen LogP contribution in [0.2, 0.25) is 0 Å². The van der Waals surface area contributed by atoms with Crippen LogP contribution >= 0.6 is 0 Å². The Bertz CT molecular complexity index is 301. The maximum atomic E-state index is 10.2. The van der Waals surface area contributed by atoms with Gasteiger partial charge in [0, 0.05) is 5.97 Å². The Morgan fingerprint density at radius 1 is 1.05 bits per heavy atom. The first kappa shape index (κ1) is 24.2. The van der Waals surface area contributed by atoms with E-state index in [2.05, 4.69) is 25.2 Å². The third-order valence-electron chi connectivity index (χ3n) is 3.41. The van der Waals surface area contributed by atoms with Crippen LogP contribution in [0.25, 0.3) is 0 Å². The SMILES string of the molecule is CCCCC/C=C\C/C=C\CC(O)CCCCCC(=O)[O-].[Na+]. The van der Waals surface area contributed by atoms with Gasteiger partial charge >= 0.3 is 29.6 Å². The number of aliphatic carboxylic acids is 1. The largest absolute Gasteiger partial charge is 1.00 e. The second-order valence-electron chi connectivity index (χ2n) is 5.54. The summed E-state index contributed by atoms with van der Waals surface area (Å²) in [6.45, 7) is 2.21. The summed E-state index contributed by atoms with van der Waals surface area (Å²) in [5.74, 6) is -0.985. The van der Waals surface area contributed by atoms with Gasteiger partial charge in [-0.15, -0.1) is 0 Å². The van der Waals surface area contributed by atoms with Gasteiger partial charge in [-0.3, -0.25) is 0 Å². The Kier molecular flexibility index (Phi) is 20.8. The predicted octanol–water partition coefficient (Wildman–Crippen LogP) is 0.525. The Morgan fingerprint density at radius 3 is 2.45 bits per heavy atom. The minimum absolute atomic E-state index is 0. The van der Waals surface area contributed by atoms with Crippen LogP contribution in [0.1, 0.15) is 77.6 Å². The molecule has 122 valence electrons. The molecule has 1 atom stereocenters. The monoisotopic (exact) mass is 318 g/mol. The summed E-state index contributed by atoms with van der Waals surface area (Å²) in [5.41, 5.74) is 0. The van der Waals surface area contributed by atoms with Gasteiger partial charge in [0.25, 0.3) is 0 Å². The van der Waals surface area contributed by atoms with Gasteiger partial charge in [0.05, 0.1) is 6.10 Å². The molecule has 0 aliphatic carbocycles. The Labute approximate surface area is 158 Å². The number of unbranched alkanes of at least 4 members (excludes halogenated alkanes) is 5. The van der Waals surface area contributed by atoms with Gasteiger partial charge in [0.1, 0.15) is 0 Å². The molecule has 0 rings (SSSR count). The van der Waals surface area contributed by atoms with Crippen molar-refractivity contribution in [2.45, 2.75) is 83.7 Å². The smallest absolute Gasteiger partial charge is 0.550 e. The topological polar surface area (TPSA) is 60.4 Å². The van der Waals surface area contributed by atoms with E-state index in [0.717, 1.165) is 32.1 Å². The zero-order valence-electron chi connectivity index (χ0n) is 14.4. The maximum absolute atomic E-state index is 10.2. The molecule has 22 heavy (non-hydrogen) atoms. The molecule has 3 nitrogen and oxygen atoms in total. The van der Waals surface area contributed by atoms with Crippen LogP contribution in [0.4, 0.5) is 0 Å². The molecule has 0 spiro atoms. The maximum Gasteiger partial charge on any atom is 1.00 e. The molecule has 1 N–H and O–H groups in total. The molecule has 0 aromatic rings. The fraction of sp³-hybridized carbons (Fsp3) is 0.722. The van der Waals surface area contributed by atoms with Gasteiger partial charge in [-0.1, -0.05) is 56.9 Å². The standard InChI is InChI=1S/C18H32O3.Na/c1-2-3-4-5-6-7-8-9-11-14-17(19)15-12-10-13-16-18(20)21;/h6-7,9,11,17,19H,2-5,8,10,12-16H2,1H3,(H,20,21);/q;+1/p-1/b7-6-,11-9-;. The Balaban J connectivity index is 0. The molecule has 4 heteroatoms. The van der Waals surface area contributed by atoms with Gasteiger partial charge in [0.15, 0.2) is 0 Å². The van der Waals surface area contributed by atoms with E-state index in [1.165, 1.54) is 19.3 Å². The van der Waals surface area contributed by atoms with E-state index in [1.54, 1.807) is 0 Å². The van der Waals surface area contributed by atoms with Crippen LogP contribution in [-0.2, 0) is 4.79 Å². The van der Waals surface area contributed by atoms with E-state index in [0.29, 0.717) is 12.8 Å². The van der Waals surface area contributed by atoms with Crippen molar-refractivity contribution in [2.75, 3.05) is 0 Å². The predicted molar refractivity (Wildman–Crippen MR) is 85.8 cm³/mol. The number of carboxylic acid groups (broad SMARTS) is 1. The van der Waals surface area contributed by atoms with E-state index < -0.39 is 5.97 Å². The molecular weight excluding hydrogens is 287 g/mol. The molecule has 0 bridgehead atoms. The molecule has 0 saturated heterocycles. The molecule has 0 saturated carbocycles. The number of aliphatic hydroxyl groups excluding tert-OH is 1. The van der Waals surface area contributed by atoms with Gasteiger partial charge in [-0.2, -0.15) is 0 Å². The van der Waals surface area contributed by atoms with Crippen molar-refractivity contribution in [1.82, 2.24) is 0 Å². The Morgan fingerprint density at radius 2 is 1.77 bits per heavy atom. The molecule has 1 unspecified atom stereocenters. The third-order valence-corrected chi connectivity index (χ3v) is 3.41. The molecule has 0 amide bonds. The number of carbonyl (C=O) groups excluding carboxylic acids is 1. The molecule has 0 radical (unpaired) electrons. The zero-order valence-corrected chi connectivity index (χ0v) is 16.4. The quantitative estimate of drug-likeness (QED) is 0.289. The van der Waals surface area contributed by atoms with Crippen molar-refractivity contribution < 1.29 is 44.6 Å². The molecule has 0 fully saturated rings. The van der Waals surface area contributed by atoms with E-state index in [9.17, 15) is 15.0 Å². The second kappa shape index (κ2) is 19.0. The fourth-order valence-electron chi connectivity index (χ4n) is 2.10. The number of carboxylic acids is 1. The number of carbonyl (C=O) groups is 1. The van der Waals surface area contributed by atoms with Crippen molar-refractivity contribution in [3.05, 3.63) is 24.3 Å². The average Bonchev–Trinajstić information content (AvgIpc) is 2.45. The van der Waals surface area contributed by atoms with Gasteiger partial charge in [0.2, 0.25) is 0 Å². The van der Waals surface area contributed by atoms with E-state index >= 15 is 0 Å². The summed E-state index contributed by atoms with van der Waals surface area (Å²) >= 11 is 0. The summed E-state index contributed by atoms with van der Waals surface area (Å²) in [6.07, 6.45) is 18.1. The summed E-state index contributed by atoms with van der Waals surface area (Å²) in [5, 5.41) is 20.0. The molecule has 0 heterocycles. The minimum atomic E-state index is -0.985. The van der Waals surface area contributed by atoms with Crippen LogP contribution in [0.5, 0.6) is 0 Å².